The number of H-pyrrole nitrogens is 1. The normalized spacial score (nSPS) is 17.0. The SMILES string of the molecule is Cc1ccccc1CC1CN(c2cnnc(-c3ccc4[nH]ncc4c3)n2)CCN1. The molecule has 7 nitrogen and oxygen atoms in total. The first-order valence-electron chi connectivity index (χ1n) is 9.92. The van der Waals surface area contributed by atoms with Crippen LogP contribution in [-0.2, 0) is 6.42 Å². The Morgan fingerprint density at radius 3 is 3.00 bits per heavy atom. The highest BCUT2D eigenvalue weighted by Crippen LogP contribution is 2.22. The Balaban J connectivity index is 1.36. The van der Waals surface area contributed by atoms with Crippen LogP contribution in [0.1, 0.15) is 11.1 Å². The molecule has 5 rings (SSSR count). The Labute approximate surface area is 169 Å². The van der Waals surface area contributed by atoms with Gasteiger partial charge in [0.1, 0.15) is 0 Å². The number of anilines is 1. The molecule has 29 heavy (non-hydrogen) atoms. The maximum atomic E-state index is 4.81. The second-order valence-corrected chi connectivity index (χ2v) is 7.54. The monoisotopic (exact) mass is 385 g/mol. The number of nitrogens with zero attached hydrogens (tertiary/aromatic N) is 5. The summed E-state index contributed by atoms with van der Waals surface area (Å²) in [5.41, 5.74) is 4.67. The van der Waals surface area contributed by atoms with Crippen LogP contribution in [0.25, 0.3) is 22.3 Å². The number of piperazine rings is 1. The zero-order valence-corrected chi connectivity index (χ0v) is 16.3. The Kier molecular flexibility index (Phi) is 4.65. The van der Waals surface area contributed by atoms with E-state index in [-0.39, 0.29) is 0 Å². The van der Waals surface area contributed by atoms with Crippen molar-refractivity contribution in [3.63, 3.8) is 0 Å². The molecule has 2 aromatic heterocycles. The number of aromatic amines is 1. The second-order valence-electron chi connectivity index (χ2n) is 7.54. The predicted octanol–water partition coefficient (Wildman–Crippen LogP) is 2.74. The largest absolute Gasteiger partial charge is 0.352 e. The summed E-state index contributed by atoms with van der Waals surface area (Å²) in [4.78, 5) is 7.11. The van der Waals surface area contributed by atoms with Gasteiger partial charge in [-0.2, -0.15) is 10.2 Å². The van der Waals surface area contributed by atoms with Crippen LogP contribution in [0.4, 0.5) is 5.82 Å². The molecular weight excluding hydrogens is 362 g/mol. The van der Waals surface area contributed by atoms with E-state index in [4.69, 9.17) is 4.98 Å². The van der Waals surface area contributed by atoms with Crippen molar-refractivity contribution < 1.29 is 0 Å². The topological polar surface area (TPSA) is 82.6 Å². The van der Waals surface area contributed by atoms with Crippen molar-refractivity contribution in [1.82, 2.24) is 30.7 Å². The highest BCUT2D eigenvalue weighted by Gasteiger charge is 2.22. The first-order valence-corrected chi connectivity index (χ1v) is 9.92. The van der Waals surface area contributed by atoms with Crippen LogP contribution in [-0.4, -0.2) is 51.1 Å². The molecule has 0 spiro atoms. The molecule has 0 bridgehead atoms. The quantitative estimate of drug-likeness (QED) is 0.562. The second kappa shape index (κ2) is 7.60. The van der Waals surface area contributed by atoms with Crippen molar-refractivity contribution in [3.8, 4) is 11.4 Å². The van der Waals surface area contributed by atoms with Crippen LogP contribution in [0.2, 0.25) is 0 Å². The van der Waals surface area contributed by atoms with Crippen LogP contribution in [0.15, 0.2) is 54.9 Å². The lowest BCUT2D eigenvalue weighted by molar-refractivity contribution is 0.451. The molecule has 0 aliphatic carbocycles. The number of hydrogen-bond acceptors (Lipinski definition) is 6. The van der Waals surface area contributed by atoms with Gasteiger partial charge in [0.05, 0.1) is 17.9 Å². The molecule has 1 aliphatic heterocycles. The van der Waals surface area contributed by atoms with Gasteiger partial charge in [-0.3, -0.25) is 5.10 Å². The third-order valence-electron chi connectivity index (χ3n) is 5.55. The van der Waals surface area contributed by atoms with Crippen molar-refractivity contribution in [2.24, 2.45) is 0 Å². The summed E-state index contributed by atoms with van der Waals surface area (Å²) in [6, 6.07) is 15.0. The summed E-state index contributed by atoms with van der Waals surface area (Å²) < 4.78 is 0. The number of benzene rings is 2. The molecule has 0 radical (unpaired) electrons. The number of aromatic nitrogens is 5. The lowest BCUT2D eigenvalue weighted by atomic mass is 10.00. The van der Waals surface area contributed by atoms with Gasteiger partial charge in [-0.05, 0) is 42.7 Å². The average Bonchev–Trinajstić information content (AvgIpc) is 3.24. The number of hydrogen-bond donors (Lipinski definition) is 2. The van der Waals surface area contributed by atoms with Crippen LogP contribution >= 0.6 is 0 Å². The number of aryl methyl sites for hydroxylation is 1. The molecule has 1 atom stereocenters. The molecule has 2 aromatic carbocycles. The van der Waals surface area contributed by atoms with Crippen molar-refractivity contribution in [3.05, 3.63) is 66.0 Å². The summed E-state index contributed by atoms with van der Waals surface area (Å²) in [5, 5.41) is 20.2. The first-order chi connectivity index (χ1) is 14.3. The van der Waals surface area contributed by atoms with Gasteiger partial charge in [0.2, 0.25) is 0 Å². The van der Waals surface area contributed by atoms with Crippen LogP contribution in [0, 0.1) is 6.92 Å². The summed E-state index contributed by atoms with van der Waals surface area (Å²) in [6.07, 6.45) is 4.57. The molecule has 2 N–H and O–H groups in total. The van der Waals surface area contributed by atoms with Crippen LogP contribution in [0.5, 0.6) is 0 Å². The van der Waals surface area contributed by atoms with Crippen LogP contribution < -0.4 is 10.2 Å². The van der Waals surface area contributed by atoms with Crippen molar-refractivity contribution in [1.29, 1.82) is 0 Å². The molecule has 1 aliphatic rings. The summed E-state index contributed by atoms with van der Waals surface area (Å²) >= 11 is 0. The molecule has 1 fully saturated rings. The maximum Gasteiger partial charge on any atom is 0.183 e. The molecule has 0 saturated carbocycles. The molecule has 146 valence electrons. The lowest BCUT2D eigenvalue weighted by Crippen LogP contribution is -2.52. The molecule has 0 amide bonds. The van der Waals surface area contributed by atoms with Gasteiger partial charge in [-0.15, -0.1) is 5.10 Å². The highest BCUT2D eigenvalue weighted by molar-refractivity contribution is 5.82. The molecule has 7 heteroatoms. The molecule has 4 aromatic rings. The number of fused-ring (bicyclic) bond motifs is 1. The van der Waals surface area contributed by atoms with E-state index in [1.807, 2.05) is 24.4 Å². The van der Waals surface area contributed by atoms with E-state index >= 15 is 0 Å². The van der Waals surface area contributed by atoms with Gasteiger partial charge in [0.15, 0.2) is 11.6 Å². The van der Waals surface area contributed by atoms with Gasteiger partial charge in [0.25, 0.3) is 0 Å². The van der Waals surface area contributed by atoms with Gasteiger partial charge in [-0.1, -0.05) is 24.3 Å². The minimum absolute atomic E-state index is 0.380. The zero-order valence-electron chi connectivity index (χ0n) is 16.3. The van der Waals surface area contributed by atoms with Gasteiger partial charge in [-0.25, -0.2) is 4.98 Å². The van der Waals surface area contributed by atoms with Gasteiger partial charge in [0, 0.05) is 36.6 Å². The van der Waals surface area contributed by atoms with E-state index in [0.717, 1.165) is 48.3 Å². The van der Waals surface area contributed by atoms with E-state index in [9.17, 15) is 0 Å². The lowest BCUT2D eigenvalue weighted by Gasteiger charge is -2.34. The molecule has 3 heterocycles. The fraction of sp³-hybridized carbons (Fsp3) is 0.273. The van der Waals surface area contributed by atoms with Crippen molar-refractivity contribution in [2.75, 3.05) is 24.5 Å². The third kappa shape index (κ3) is 3.69. The Morgan fingerprint density at radius 1 is 1.14 bits per heavy atom. The van der Waals surface area contributed by atoms with E-state index < -0.39 is 0 Å². The number of nitrogens with one attached hydrogen (secondary N) is 2. The van der Waals surface area contributed by atoms with Crippen molar-refractivity contribution in [2.45, 2.75) is 19.4 Å². The third-order valence-corrected chi connectivity index (χ3v) is 5.55. The van der Waals surface area contributed by atoms with E-state index in [0.29, 0.717) is 11.9 Å². The predicted molar refractivity (Wildman–Crippen MR) is 114 cm³/mol. The molecule has 1 unspecified atom stereocenters. The summed E-state index contributed by atoms with van der Waals surface area (Å²) in [5.74, 6) is 1.51. The maximum absolute atomic E-state index is 4.81. The fourth-order valence-corrected chi connectivity index (χ4v) is 3.93. The summed E-state index contributed by atoms with van der Waals surface area (Å²) in [6.45, 7) is 4.90. The standard InChI is InChI=1S/C22H23N7/c1-15-4-2-3-5-16(15)11-19-14-29(9-8-23-19)21-13-25-28-22(26-21)17-6-7-20-18(10-17)12-24-27-20/h2-7,10,12-13,19,23H,8-9,11,14H2,1H3,(H,24,27). The molecule has 1 saturated heterocycles. The Hall–Kier alpha value is -3.32. The smallest absolute Gasteiger partial charge is 0.183 e. The van der Waals surface area contributed by atoms with Gasteiger partial charge < -0.3 is 10.2 Å². The minimum Gasteiger partial charge on any atom is -0.352 e. The number of rotatable bonds is 4. The summed E-state index contributed by atoms with van der Waals surface area (Å²) in [7, 11) is 0. The van der Waals surface area contributed by atoms with E-state index in [1.165, 1.54) is 11.1 Å². The Bertz CT molecular complexity index is 1140. The average molecular weight is 385 g/mol. The Morgan fingerprint density at radius 2 is 2.07 bits per heavy atom. The van der Waals surface area contributed by atoms with Gasteiger partial charge >= 0.3 is 0 Å². The first kappa shape index (κ1) is 17.8. The minimum atomic E-state index is 0.380. The van der Waals surface area contributed by atoms with Crippen molar-refractivity contribution >= 4 is 16.7 Å². The van der Waals surface area contributed by atoms with E-state index in [2.05, 4.69) is 61.8 Å². The molecular formula is C22H23N7. The fourth-order valence-electron chi connectivity index (χ4n) is 3.93. The zero-order chi connectivity index (χ0) is 19.6. The van der Waals surface area contributed by atoms with E-state index in [1.54, 1.807) is 6.20 Å². The van der Waals surface area contributed by atoms with Crippen LogP contribution in [0.3, 0.4) is 0 Å². The highest BCUT2D eigenvalue weighted by atomic mass is 15.3.